The molecule has 2 heterocycles. The zero-order chi connectivity index (χ0) is 17.6. The van der Waals surface area contributed by atoms with Crippen molar-refractivity contribution in [2.45, 2.75) is 32.2 Å². The van der Waals surface area contributed by atoms with E-state index in [1.165, 1.54) is 18.4 Å². The normalized spacial score (nSPS) is 15.2. The highest BCUT2D eigenvalue weighted by atomic mass is 16.3. The Labute approximate surface area is 148 Å². The van der Waals surface area contributed by atoms with Crippen molar-refractivity contribution >= 4 is 11.7 Å². The van der Waals surface area contributed by atoms with Crippen molar-refractivity contribution in [2.24, 2.45) is 0 Å². The van der Waals surface area contributed by atoms with E-state index in [1.807, 2.05) is 30.3 Å². The first-order chi connectivity index (χ1) is 12.2. The third-order valence-electron chi connectivity index (χ3n) is 4.72. The predicted octanol–water partition coefficient (Wildman–Crippen LogP) is 2.71. The maximum Gasteiger partial charge on any atom is 0.253 e. The van der Waals surface area contributed by atoms with Gasteiger partial charge in [0.2, 0.25) is 0 Å². The Morgan fingerprint density at radius 1 is 1.20 bits per heavy atom. The van der Waals surface area contributed by atoms with E-state index in [0.29, 0.717) is 5.56 Å². The highest BCUT2D eigenvalue weighted by molar-refractivity contribution is 5.94. The van der Waals surface area contributed by atoms with E-state index in [9.17, 15) is 9.90 Å². The van der Waals surface area contributed by atoms with Gasteiger partial charge in [-0.25, -0.2) is 4.98 Å². The Balaban J connectivity index is 1.66. The lowest BCUT2D eigenvalue weighted by Gasteiger charge is -2.18. The molecule has 0 radical (unpaired) electrons. The minimum absolute atomic E-state index is 0.142. The third-order valence-corrected chi connectivity index (χ3v) is 4.72. The van der Waals surface area contributed by atoms with Crippen LogP contribution in [0.4, 0.5) is 5.82 Å². The summed E-state index contributed by atoms with van der Waals surface area (Å²) in [6.07, 6.45) is 4.96. The molecule has 1 aliphatic heterocycles. The van der Waals surface area contributed by atoms with E-state index >= 15 is 0 Å². The van der Waals surface area contributed by atoms with Crippen LogP contribution in [0, 0.1) is 0 Å². The molecule has 5 heteroatoms. The number of aromatic nitrogens is 1. The smallest absolute Gasteiger partial charge is 0.253 e. The van der Waals surface area contributed by atoms with E-state index < -0.39 is 6.04 Å². The predicted molar refractivity (Wildman–Crippen MR) is 98.8 cm³/mol. The fourth-order valence-corrected chi connectivity index (χ4v) is 3.12. The lowest BCUT2D eigenvalue weighted by Crippen LogP contribution is -2.31. The molecule has 0 aliphatic carbocycles. The van der Waals surface area contributed by atoms with Gasteiger partial charge in [-0.1, -0.05) is 31.2 Å². The van der Waals surface area contributed by atoms with Crippen molar-refractivity contribution in [1.29, 1.82) is 0 Å². The van der Waals surface area contributed by atoms with E-state index in [4.69, 9.17) is 0 Å². The first-order valence-electron chi connectivity index (χ1n) is 8.93. The van der Waals surface area contributed by atoms with Gasteiger partial charge in [0.15, 0.2) is 0 Å². The molecule has 2 N–H and O–H groups in total. The first-order valence-corrected chi connectivity index (χ1v) is 8.93. The molecule has 1 aromatic heterocycles. The number of aliphatic hydroxyl groups excluding tert-OH is 1. The van der Waals surface area contributed by atoms with Crippen LogP contribution in [0.5, 0.6) is 0 Å². The summed E-state index contributed by atoms with van der Waals surface area (Å²) in [5.74, 6) is 0.696. The second kappa shape index (κ2) is 8.12. The molecule has 132 valence electrons. The molecule has 0 spiro atoms. The van der Waals surface area contributed by atoms with Gasteiger partial charge in [-0.05, 0) is 42.5 Å². The summed E-state index contributed by atoms with van der Waals surface area (Å²) in [7, 11) is 0. The number of nitrogens with one attached hydrogen (secondary N) is 1. The molecule has 0 bridgehead atoms. The highest BCUT2D eigenvalue weighted by Gasteiger charge is 2.17. The molecule has 1 fully saturated rings. The Morgan fingerprint density at radius 3 is 2.48 bits per heavy atom. The maximum atomic E-state index is 12.5. The van der Waals surface area contributed by atoms with Crippen molar-refractivity contribution in [1.82, 2.24) is 10.3 Å². The molecule has 1 aliphatic rings. The standard InChI is InChI=1S/C20H25N3O2/c1-2-15-5-7-16(8-6-15)18(14-24)22-20(25)17-9-10-19(21-13-17)23-11-3-4-12-23/h5-10,13,18,24H,2-4,11-12,14H2,1H3,(H,22,25). The van der Waals surface area contributed by atoms with Crippen molar-refractivity contribution in [2.75, 3.05) is 24.6 Å². The van der Waals surface area contributed by atoms with Gasteiger partial charge in [0, 0.05) is 19.3 Å². The largest absolute Gasteiger partial charge is 0.394 e. The minimum atomic E-state index is -0.420. The van der Waals surface area contributed by atoms with Crippen molar-refractivity contribution < 1.29 is 9.90 Å². The molecular formula is C20H25N3O2. The maximum absolute atomic E-state index is 12.5. The monoisotopic (exact) mass is 339 g/mol. The quantitative estimate of drug-likeness (QED) is 0.849. The molecule has 3 rings (SSSR count). The molecule has 1 atom stereocenters. The van der Waals surface area contributed by atoms with Gasteiger partial charge < -0.3 is 15.3 Å². The molecule has 1 unspecified atom stereocenters. The summed E-state index contributed by atoms with van der Waals surface area (Å²) in [5.41, 5.74) is 2.63. The highest BCUT2D eigenvalue weighted by Crippen LogP contribution is 2.18. The van der Waals surface area contributed by atoms with Crippen LogP contribution in [0.2, 0.25) is 0 Å². The number of hydrogen-bond donors (Lipinski definition) is 2. The number of aryl methyl sites for hydroxylation is 1. The van der Waals surface area contributed by atoms with E-state index in [2.05, 4.69) is 22.1 Å². The summed E-state index contributed by atoms with van der Waals surface area (Å²) in [5, 5.41) is 12.5. The Morgan fingerprint density at radius 2 is 1.92 bits per heavy atom. The molecule has 25 heavy (non-hydrogen) atoms. The van der Waals surface area contributed by atoms with E-state index in [-0.39, 0.29) is 12.5 Å². The molecule has 1 aromatic carbocycles. The number of nitrogens with zero attached hydrogens (tertiary/aromatic N) is 2. The number of rotatable bonds is 6. The number of benzene rings is 1. The average molecular weight is 339 g/mol. The van der Waals surface area contributed by atoms with Gasteiger partial charge in [-0.3, -0.25) is 4.79 Å². The molecule has 2 aromatic rings. The summed E-state index contributed by atoms with van der Waals surface area (Å²) in [6, 6.07) is 11.2. The first kappa shape index (κ1) is 17.4. The summed E-state index contributed by atoms with van der Waals surface area (Å²) >= 11 is 0. The third kappa shape index (κ3) is 4.17. The minimum Gasteiger partial charge on any atom is -0.394 e. The second-order valence-corrected chi connectivity index (χ2v) is 6.40. The zero-order valence-electron chi connectivity index (χ0n) is 14.6. The number of hydrogen-bond acceptors (Lipinski definition) is 4. The van der Waals surface area contributed by atoms with E-state index in [1.54, 1.807) is 12.3 Å². The zero-order valence-corrected chi connectivity index (χ0v) is 14.6. The molecule has 1 amide bonds. The Kier molecular flexibility index (Phi) is 5.66. The fraction of sp³-hybridized carbons (Fsp3) is 0.400. The SMILES string of the molecule is CCc1ccc(C(CO)NC(=O)c2ccc(N3CCCC3)nc2)cc1. The van der Waals surface area contributed by atoms with Gasteiger partial charge in [0.25, 0.3) is 5.91 Å². The van der Waals surface area contributed by atoms with Gasteiger partial charge in [0.1, 0.15) is 5.82 Å². The van der Waals surface area contributed by atoms with Crippen LogP contribution in [-0.2, 0) is 6.42 Å². The number of pyridine rings is 1. The number of carbonyl (C=O) groups excluding carboxylic acids is 1. The summed E-state index contributed by atoms with van der Waals surface area (Å²) in [6.45, 7) is 4.01. The summed E-state index contributed by atoms with van der Waals surface area (Å²) < 4.78 is 0. The number of aliphatic hydroxyl groups is 1. The molecular weight excluding hydrogens is 314 g/mol. The average Bonchev–Trinajstić information content (AvgIpc) is 3.21. The van der Waals surface area contributed by atoms with E-state index in [0.717, 1.165) is 30.9 Å². The van der Waals surface area contributed by atoms with Gasteiger partial charge >= 0.3 is 0 Å². The van der Waals surface area contributed by atoms with Crippen LogP contribution < -0.4 is 10.2 Å². The number of anilines is 1. The van der Waals surface area contributed by atoms with Gasteiger partial charge in [-0.2, -0.15) is 0 Å². The van der Waals surface area contributed by atoms with Crippen LogP contribution in [0.25, 0.3) is 0 Å². The Bertz CT molecular complexity index is 692. The van der Waals surface area contributed by atoms with Crippen LogP contribution in [0.1, 0.15) is 47.3 Å². The van der Waals surface area contributed by atoms with Gasteiger partial charge in [-0.15, -0.1) is 0 Å². The van der Waals surface area contributed by atoms with Crippen LogP contribution in [0.15, 0.2) is 42.6 Å². The molecule has 5 nitrogen and oxygen atoms in total. The fourth-order valence-electron chi connectivity index (χ4n) is 3.12. The number of carbonyl (C=O) groups is 1. The topological polar surface area (TPSA) is 65.5 Å². The lowest BCUT2D eigenvalue weighted by molar-refractivity contribution is 0.0916. The lowest BCUT2D eigenvalue weighted by atomic mass is 10.0. The van der Waals surface area contributed by atoms with Crippen LogP contribution in [-0.4, -0.2) is 35.7 Å². The summed E-state index contributed by atoms with van der Waals surface area (Å²) in [4.78, 5) is 19.1. The Hall–Kier alpha value is -2.40. The van der Waals surface area contributed by atoms with Crippen LogP contribution >= 0.6 is 0 Å². The van der Waals surface area contributed by atoms with Gasteiger partial charge in [0.05, 0.1) is 18.2 Å². The van der Waals surface area contributed by atoms with Crippen molar-refractivity contribution in [3.8, 4) is 0 Å². The van der Waals surface area contributed by atoms with Crippen LogP contribution in [0.3, 0.4) is 0 Å². The molecule has 1 saturated heterocycles. The van der Waals surface area contributed by atoms with Crippen molar-refractivity contribution in [3.63, 3.8) is 0 Å². The molecule has 0 saturated carbocycles. The van der Waals surface area contributed by atoms with Crippen molar-refractivity contribution in [3.05, 3.63) is 59.3 Å². The number of amides is 1. The second-order valence-electron chi connectivity index (χ2n) is 6.40.